The second kappa shape index (κ2) is 4.25. The highest BCUT2D eigenvalue weighted by Gasteiger charge is 2.52. The van der Waals surface area contributed by atoms with Crippen molar-refractivity contribution in [2.75, 3.05) is 0 Å². The quantitative estimate of drug-likeness (QED) is 0.687. The van der Waals surface area contributed by atoms with E-state index in [0.29, 0.717) is 0 Å². The Morgan fingerprint density at radius 2 is 2.00 bits per heavy atom. The molecule has 0 aliphatic heterocycles. The van der Waals surface area contributed by atoms with E-state index in [1.807, 2.05) is 6.92 Å². The summed E-state index contributed by atoms with van der Waals surface area (Å²) in [7, 11) is 0. The molecule has 2 fully saturated rings. The summed E-state index contributed by atoms with van der Waals surface area (Å²) in [4.78, 5) is 0. The Balaban J connectivity index is 2.32. The van der Waals surface area contributed by atoms with Gasteiger partial charge in [-0.25, -0.2) is 0 Å². The lowest BCUT2D eigenvalue weighted by atomic mass is 9.54. The number of rotatable bonds is 1. The monoisotopic (exact) mass is 236 g/mol. The van der Waals surface area contributed by atoms with Crippen LogP contribution < -0.4 is 0 Å². The lowest BCUT2D eigenvalue weighted by molar-refractivity contribution is -0.107. The largest absolute Gasteiger partial charge is 0.393 e. The maximum atomic E-state index is 10.6. The van der Waals surface area contributed by atoms with E-state index in [9.17, 15) is 10.2 Å². The molecule has 2 nitrogen and oxygen atoms in total. The second-order valence-electron chi connectivity index (χ2n) is 6.18. The fourth-order valence-corrected chi connectivity index (χ4v) is 3.84. The summed E-state index contributed by atoms with van der Waals surface area (Å²) in [6.45, 7) is 12.2. The highest BCUT2D eigenvalue weighted by molar-refractivity contribution is 5.20. The Bertz CT molecular complexity index is 347. The molecule has 0 heterocycles. The molecular formula is C15H24O2. The van der Waals surface area contributed by atoms with Gasteiger partial charge in [-0.1, -0.05) is 31.2 Å². The minimum absolute atomic E-state index is 0.0294. The predicted molar refractivity (Wildman–Crippen MR) is 69.5 cm³/mol. The van der Waals surface area contributed by atoms with Gasteiger partial charge in [0.25, 0.3) is 0 Å². The van der Waals surface area contributed by atoms with Crippen molar-refractivity contribution in [3.8, 4) is 0 Å². The van der Waals surface area contributed by atoms with Gasteiger partial charge in [0.2, 0.25) is 0 Å². The van der Waals surface area contributed by atoms with Gasteiger partial charge < -0.3 is 10.2 Å². The summed E-state index contributed by atoms with van der Waals surface area (Å²) >= 11 is 0. The summed E-state index contributed by atoms with van der Waals surface area (Å²) in [6, 6.07) is 0. The molecule has 0 spiro atoms. The van der Waals surface area contributed by atoms with Gasteiger partial charge in [0, 0.05) is 17.3 Å². The average molecular weight is 236 g/mol. The fourth-order valence-electron chi connectivity index (χ4n) is 3.84. The summed E-state index contributed by atoms with van der Waals surface area (Å²) < 4.78 is 0. The Morgan fingerprint density at radius 3 is 2.59 bits per heavy atom. The van der Waals surface area contributed by atoms with E-state index < -0.39 is 6.10 Å². The van der Waals surface area contributed by atoms with Crippen molar-refractivity contribution in [3.63, 3.8) is 0 Å². The second-order valence-corrected chi connectivity index (χ2v) is 6.18. The molecular weight excluding hydrogens is 212 g/mol. The van der Waals surface area contributed by atoms with Crippen LogP contribution >= 0.6 is 0 Å². The van der Waals surface area contributed by atoms with Crippen LogP contribution in [0.1, 0.15) is 39.5 Å². The van der Waals surface area contributed by atoms with Gasteiger partial charge in [0.1, 0.15) is 0 Å². The summed E-state index contributed by atoms with van der Waals surface area (Å²) in [5.41, 5.74) is 1.96. The minimum Gasteiger partial charge on any atom is -0.393 e. The molecule has 2 heteroatoms. The smallest absolute Gasteiger partial charge is 0.0676 e. The van der Waals surface area contributed by atoms with Crippen LogP contribution in [0.25, 0.3) is 0 Å². The van der Waals surface area contributed by atoms with E-state index in [1.54, 1.807) is 0 Å². The highest BCUT2D eigenvalue weighted by Crippen LogP contribution is 2.54. The van der Waals surface area contributed by atoms with Gasteiger partial charge >= 0.3 is 0 Å². The van der Waals surface area contributed by atoms with Crippen LogP contribution in [0.4, 0.5) is 0 Å². The molecule has 2 saturated carbocycles. The van der Waals surface area contributed by atoms with Gasteiger partial charge in [0.05, 0.1) is 12.2 Å². The van der Waals surface area contributed by atoms with E-state index in [4.69, 9.17) is 0 Å². The van der Waals surface area contributed by atoms with Crippen LogP contribution in [-0.2, 0) is 0 Å². The number of aliphatic hydroxyl groups is 2. The van der Waals surface area contributed by atoms with Gasteiger partial charge in [-0.2, -0.15) is 0 Å². The summed E-state index contributed by atoms with van der Waals surface area (Å²) in [6.07, 6.45) is 2.77. The average Bonchev–Trinajstić information content (AvgIpc) is 2.23. The number of fused-ring (bicyclic) bond motifs is 1. The minimum atomic E-state index is -0.423. The zero-order valence-corrected chi connectivity index (χ0v) is 10.9. The lowest BCUT2D eigenvalue weighted by Crippen LogP contribution is -2.54. The van der Waals surface area contributed by atoms with Crippen molar-refractivity contribution < 1.29 is 10.2 Å². The Hall–Kier alpha value is -0.600. The van der Waals surface area contributed by atoms with Crippen LogP contribution in [0.3, 0.4) is 0 Å². The van der Waals surface area contributed by atoms with Gasteiger partial charge in [-0.05, 0) is 32.6 Å². The molecule has 0 aromatic rings. The van der Waals surface area contributed by atoms with E-state index >= 15 is 0 Å². The van der Waals surface area contributed by atoms with Crippen molar-refractivity contribution in [3.05, 3.63) is 24.3 Å². The first-order chi connectivity index (χ1) is 7.88. The topological polar surface area (TPSA) is 40.5 Å². The molecule has 0 aromatic carbocycles. The zero-order valence-electron chi connectivity index (χ0n) is 10.9. The SMILES string of the molecule is C=C(C)C1CCC2(C)C(O)CCC(=C)C2C1O. The molecule has 0 amide bonds. The van der Waals surface area contributed by atoms with Crippen molar-refractivity contribution >= 4 is 0 Å². The molecule has 17 heavy (non-hydrogen) atoms. The van der Waals surface area contributed by atoms with E-state index in [-0.39, 0.29) is 23.4 Å². The standard InChI is InChI=1S/C15H24O2/c1-9(2)11-7-8-15(4)12(16)6-5-10(3)13(15)14(11)17/h11-14,16-17H,1,3,5-8H2,2,4H3. The van der Waals surface area contributed by atoms with Crippen LogP contribution in [0.15, 0.2) is 24.3 Å². The number of hydrogen-bond donors (Lipinski definition) is 2. The molecule has 0 aromatic heterocycles. The molecule has 96 valence electrons. The lowest BCUT2D eigenvalue weighted by Gasteiger charge is -2.53. The zero-order chi connectivity index (χ0) is 12.8. The first-order valence-corrected chi connectivity index (χ1v) is 6.57. The van der Waals surface area contributed by atoms with Crippen LogP contribution in [0.5, 0.6) is 0 Å². The molecule has 5 unspecified atom stereocenters. The highest BCUT2D eigenvalue weighted by atomic mass is 16.3. The molecule has 2 rings (SSSR count). The Labute approximate surface area is 104 Å². The molecule has 5 atom stereocenters. The first kappa shape index (κ1) is 12.8. The Morgan fingerprint density at radius 1 is 1.35 bits per heavy atom. The molecule has 2 aliphatic carbocycles. The van der Waals surface area contributed by atoms with Crippen molar-refractivity contribution in [1.29, 1.82) is 0 Å². The van der Waals surface area contributed by atoms with E-state index in [0.717, 1.165) is 36.8 Å². The van der Waals surface area contributed by atoms with Gasteiger partial charge in [0.15, 0.2) is 0 Å². The van der Waals surface area contributed by atoms with E-state index in [2.05, 4.69) is 20.1 Å². The molecule has 0 radical (unpaired) electrons. The number of hydrogen-bond acceptors (Lipinski definition) is 2. The molecule has 2 N–H and O–H groups in total. The number of aliphatic hydroxyl groups excluding tert-OH is 2. The third-order valence-electron chi connectivity index (χ3n) is 5.03. The maximum absolute atomic E-state index is 10.6. The van der Waals surface area contributed by atoms with Gasteiger partial charge in [-0.3, -0.25) is 0 Å². The first-order valence-electron chi connectivity index (χ1n) is 6.57. The van der Waals surface area contributed by atoms with Crippen LogP contribution in [0.2, 0.25) is 0 Å². The van der Waals surface area contributed by atoms with Crippen molar-refractivity contribution in [2.24, 2.45) is 17.3 Å². The maximum Gasteiger partial charge on any atom is 0.0676 e. The third kappa shape index (κ3) is 1.88. The summed E-state index contributed by atoms with van der Waals surface area (Å²) in [5, 5.41) is 20.8. The van der Waals surface area contributed by atoms with Crippen molar-refractivity contribution in [2.45, 2.75) is 51.7 Å². The third-order valence-corrected chi connectivity index (χ3v) is 5.03. The predicted octanol–water partition coefficient (Wildman–Crippen LogP) is 2.67. The summed E-state index contributed by atoms with van der Waals surface area (Å²) in [5.74, 6) is 0.192. The van der Waals surface area contributed by atoms with Gasteiger partial charge in [-0.15, -0.1) is 0 Å². The fraction of sp³-hybridized carbons (Fsp3) is 0.733. The molecule has 0 bridgehead atoms. The van der Waals surface area contributed by atoms with E-state index in [1.165, 1.54) is 0 Å². The van der Waals surface area contributed by atoms with Crippen LogP contribution in [0, 0.1) is 17.3 Å². The molecule has 0 saturated heterocycles. The van der Waals surface area contributed by atoms with Crippen LogP contribution in [-0.4, -0.2) is 22.4 Å². The Kier molecular flexibility index (Phi) is 3.21. The van der Waals surface area contributed by atoms with Crippen molar-refractivity contribution in [1.82, 2.24) is 0 Å². The molecule has 2 aliphatic rings. The normalized spacial score (nSPS) is 46.5.